The van der Waals surface area contributed by atoms with E-state index in [1.807, 2.05) is 4.90 Å². The molecule has 2 atom stereocenters. The maximum absolute atomic E-state index is 14.3. The van der Waals surface area contributed by atoms with Gasteiger partial charge in [-0.15, -0.1) is 0 Å². The average Bonchev–Trinajstić information content (AvgIpc) is 1.86. The van der Waals surface area contributed by atoms with Gasteiger partial charge in [0.1, 0.15) is 31.2 Å². The molecule has 1 fully saturated rings. The first-order valence-electron chi connectivity index (χ1n) is 48.1. The smallest absolute Gasteiger partial charge is 0.253 e. The van der Waals surface area contributed by atoms with E-state index in [0.29, 0.717) is 151 Å². The van der Waals surface area contributed by atoms with Gasteiger partial charge in [-0.1, -0.05) is 60.7 Å². The lowest BCUT2D eigenvalue weighted by molar-refractivity contribution is -0.138. The van der Waals surface area contributed by atoms with Crippen LogP contribution in [0.25, 0.3) is 0 Å². The molecule has 143 heavy (non-hydrogen) atoms. The second kappa shape index (κ2) is 86.3. The molecule has 0 saturated carbocycles. The number of carbonyl (C=O) groups is 15. The normalized spacial score (nSPS) is 14.9. The number of benzene rings is 2. The number of ketones is 2. The molecule has 2 aliphatic rings. The van der Waals surface area contributed by atoms with Gasteiger partial charge in [-0.05, 0) is 25.0 Å². The topological polar surface area (TPSA) is 571 Å². The predicted molar refractivity (Wildman–Crippen MR) is 508 cm³/mol. The SMILES string of the molecule is CC(=O)CNC(=O)[C@H](Cc1ccccc1)NC(=O)CNC(=O)CNC(=O)CCOCCOCCN(CCOCCOCCC(=O)NCC(=O)NCC(=O)N[C@@H](Cc1ccccc1)C(=O)NCC(=O)NCOCC(C)=O)C(=O)CN1CCOCCOCCOCCOCCN(C(=O)CCOCCOCCOCCOCCOCCOCCOCCOCCN2C(=O)C=CC2=O)CCOCCOCCOCCOCC1. The molecule has 808 valence electrons. The van der Waals surface area contributed by atoms with Crippen LogP contribution in [-0.2, 0) is 184 Å². The first kappa shape index (κ1) is 125. The van der Waals surface area contributed by atoms with Crippen LogP contribution >= 0.6 is 0 Å². The molecule has 1 saturated heterocycles. The molecule has 9 N–H and O–H groups in total. The van der Waals surface area contributed by atoms with Crippen LogP contribution in [0.4, 0.5) is 0 Å². The Labute approximate surface area is 835 Å². The van der Waals surface area contributed by atoms with Gasteiger partial charge in [0.15, 0.2) is 5.78 Å². The number of Topliss-reactive ketones (excluding diaryl/α,β-unsaturated/α-hetero) is 2. The number of nitrogens with one attached hydrogen (secondary N) is 9. The van der Waals surface area contributed by atoms with Gasteiger partial charge in [0.25, 0.3) is 11.8 Å². The lowest BCUT2D eigenvalue weighted by atomic mass is 10.1. The summed E-state index contributed by atoms with van der Waals surface area (Å²) in [5.74, 6) is -7.22. The van der Waals surface area contributed by atoms with Gasteiger partial charge in [0.2, 0.25) is 65.0 Å². The number of hydrogen-bond acceptors (Lipinski definition) is 37. The molecule has 13 amide bonds. The van der Waals surface area contributed by atoms with E-state index in [9.17, 15) is 71.9 Å². The lowest BCUT2D eigenvalue weighted by Crippen LogP contribution is -2.52. The summed E-state index contributed by atoms with van der Waals surface area (Å²) in [6, 6.07) is 15.5. The van der Waals surface area contributed by atoms with Gasteiger partial charge in [-0.25, -0.2) is 0 Å². The fourth-order valence-electron chi connectivity index (χ4n) is 12.3. The van der Waals surface area contributed by atoms with Crippen molar-refractivity contribution in [1.82, 2.24) is 67.5 Å². The van der Waals surface area contributed by atoms with E-state index in [-0.39, 0.29) is 259 Å². The lowest BCUT2D eigenvalue weighted by Gasteiger charge is -2.27. The Kier molecular flexibility index (Phi) is 75.6. The molecule has 49 nitrogen and oxygen atoms in total. The van der Waals surface area contributed by atoms with Crippen molar-refractivity contribution in [3.8, 4) is 0 Å². The summed E-state index contributed by atoms with van der Waals surface area (Å²) >= 11 is 0. The van der Waals surface area contributed by atoms with Crippen LogP contribution in [0.2, 0.25) is 0 Å². The fourth-order valence-corrected chi connectivity index (χ4v) is 12.3. The van der Waals surface area contributed by atoms with Gasteiger partial charge in [-0.2, -0.15) is 0 Å². The van der Waals surface area contributed by atoms with E-state index in [4.69, 9.17) is 99.5 Å². The van der Waals surface area contributed by atoms with Crippen LogP contribution in [-0.4, -0.2) is 489 Å². The van der Waals surface area contributed by atoms with Crippen LogP contribution in [0.15, 0.2) is 72.8 Å². The van der Waals surface area contributed by atoms with Crippen molar-refractivity contribution in [3.63, 3.8) is 0 Å². The summed E-state index contributed by atoms with van der Waals surface area (Å²) in [5, 5.41) is 22.2. The van der Waals surface area contributed by atoms with E-state index < -0.39 is 98.0 Å². The number of amides is 13. The van der Waals surface area contributed by atoms with Gasteiger partial charge in [-0.3, -0.25) is 81.7 Å². The van der Waals surface area contributed by atoms with Crippen molar-refractivity contribution in [2.45, 2.75) is 58.0 Å². The van der Waals surface area contributed by atoms with E-state index in [1.165, 1.54) is 26.0 Å². The zero-order valence-corrected chi connectivity index (χ0v) is 82.7. The Balaban J connectivity index is 1.15. The molecule has 4 rings (SSSR count). The van der Waals surface area contributed by atoms with Crippen molar-refractivity contribution < 1.29 is 171 Å². The molecule has 0 spiro atoms. The Hall–Kier alpha value is -10.0. The van der Waals surface area contributed by atoms with Gasteiger partial charge in [0.05, 0.1) is 323 Å². The third-order valence-electron chi connectivity index (χ3n) is 19.8. The highest BCUT2D eigenvalue weighted by Crippen LogP contribution is 2.09. The molecule has 0 aromatic heterocycles. The van der Waals surface area contributed by atoms with Crippen molar-refractivity contribution in [2.75, 3.05) is 369 Å². The summed E-state index contributed by atoms with van der Waals surface area (Å²) in [7, 11) is 0. The molecule has 2 aromatic carbocycles. The monoisotopic (exact) mass is 2040 g/mol. The number of rotatable bonds is 71. The highest BCUT2D eigenvalue weighted by Gasteiger charge is 2.27. The number of ether oxygens (including phenoxy) is 21. The fraction of sp³-hybridized carbons (Fsp3) is 0.691. The predicted octanol–water partition coefficient (Wildman–Crippen LogP) is -5.19. The van der Waals surface area contributed by atoms with Gasteiger partial charge >= 0.3 is 0 Å². The zero-order valence-electron chi connectivity index (χ0n) is 82.7. The van der Waals surface area contributed by atoms with E-state index in [1.54, 1.807) is 70.5 Å². The number of carbonyl (C=O) groups excluding carboxylic acids is 15. The van der Waals surface area contributed by atoms with Crippen LogP contribution < -0.4 is 47.9 Å². The van der Waals surface area contributed by atoms with Crippen LogP contribution in [0.1, 0.15) is 44.2 Å². The minimum absolute atomic E-state index is 0.0283. The summed E-state index contributed by atoms with van der Waals surface area (Å²) in [6.45, 7) is 11.7. The van der Waals surface area contributed by atoms with E-state index >= 15 is 0 Å². The second-order valence-corrected chi connectivity index (χ2v) is 31.4. The minimum atomic E-state index is -1.14. The van der Waals surface area contributed by atoms with Crippen molar-refractivity contribution in [2.24, 2.45) is 0 Å². The first-order chi connectivity index (χ1) is 69.6. The molecule has 49 heteroatoms. The maximum Gasteiger partial charge on any atom is 0.253 e. The minimum Gasteiger partial charge on any atom is -0.379 e. The highest BCUT2D eigenvalue weighted by molar-refractivity contribution is 6.13. The Morgan fingerprint density at radius 2 is 0.629 bits per heavy atom. The largest absolute Gasteiger partial charge is 0.379 e. The standard InChI is InChI=1S/C94H151N13O36/c1-76(108)67-99-93(121)80(65-78-9-5-3-6-10-78)102-87(115)71-97-84(112)68-95-82(110)15-25-123-35-38-130-32-22-106(23-33-131-39-36-124-26-16-83(111)96-69-85(113)98-72-88(116)103-81(66-79-11-7-4-8-12-79)94(122)100-70-86(114)101-75-143-74-77(2)109)92(120)73-104-18-28-126-40-46-134-52-54-136-48-42-128-30-20-105(21-31-129-43-49-137-55-53-135-47-41-127-29-19-104)89(117)17-27-125-37-45-133-51-57-139-59-61-141-63-64-142-62-60-140-58-56-138-50-44-132-34-24-107-90(118)13-14-91(107)119/h3-14,80-81H,15-75H2,1-2H3,(H,95,110)(H,96,111)(H,97,112)(H,98,113)(H,99,121)(H,100,122)(H,101,114)(H,102,115)(H,103,116)/t80-,81-/m0/s1. The van der Waals surface area contributed by atoms with Crippen LogP contribution in [0, 0.1) is 0 Å². The summed E-state index contributed by atoms with van der Waals surface area (Å²) in [4.78, 5) is 194. The molecule has 2 aromatic rings. The highest BCUT2D eigenvalue weighted by atomic mass is 16.6. The summed E-state index contributed by atoms with van der Waals surface area (Å²) in [5.41, 5.74) is 1.45. The molecule has 0 bridgehead atoms. The summed E-state index contributed by atoms with van der Waals surface area (Å²) < 4.78 is 119. The van der Waals surface area contributed by atoms with Crippen LogP contribution in [0.3, 0.4) is 0 Å². The molecular weight excluding hydrogens is 1890 g/mol. The number of nitrogens with zero attached hydrogens (tertiary/aromatic N) is 4. The first-order valence-corrected chi connectivity index (χ1v) is 48.1. The Morgan fingerprint density at radius 3 is 1.00 bits per heavy atom. The Bertz CT molecular complexity index is 3820. The molecule has 0 unspecified atom stereocenters. The molecule has 2 aliphatic heterocycles. The third-order valence-corrected chi connectivity index (χ3v) is 19.8. The number of hydrogen-bond donors (Lipinski definition) is 9. The molecular formula is C94H151N13O36. The Morgan fingerprint density at radius 1 is 0.322 bits per heavy atom. The van der Waals surface area contributed by atoms with E-state index in [0.717, 1.165) is 10.5 Å². The van der Waals surface area contributed by atoms with Gasteiger partial charge in [0, 0.05) is 77.1 Å². The molecule has 0 aliphatic carbocycles. The maximum atomic E-state index is 14.3. The summed E-state index contributed by atoms with van der Waals surface area (Å²) in [6.07, 6.45) is 2.56. The molecule has 2 heterocycles. The van der Waals surface area contributed by atoms with Crippen LogP contribution in [0.5, 0.6) is 0 Å². The van der Waals surface area contributed by atoms with Crippen molar-refractivity contribution >= 4 is 88.4 Å². The zero-order chi connectivity index (χ0) is 103. The van der Waals surface area contributed by atoms with Crippen molar-refractivity contribution in [1.29, 1.82) is 0 Å². The molecule has 0 radical (unpaired) electrons. The average molecular weight is 2040 g/mol. The van der Waals surface area contributed by atoms with Gasteiger partial charge < -0.3 is 157 Å². The number of imide groups is 1. The van der Waals surface area contributed by atoms with Crippen molar-refractivity contribution in [3.05, 3.63) is 83.9 Å². The third kappa shape index (κ3) is 71.2. The second-order valence-electron chi connectivity index (χ2n) is 31.4. The van der Waals surface area contributed by atoms with E-state index in [2.05, 4.69) is 47.9 Å². The quantitative estimate of drug-likeness (QED) is 0.0170.